The van der Waals surface area contributed by atoms with Crippen molar-refractivity contribution in [1.29, 1.82) is 0 Å². The van der Waals surface area contributed by atoms with Gasteiger partial charge in [-0.2, -0.15) is 0 Å². The maximum Gasteiger partial charge on any atom is 0.315 e. The highest BCUT2D eigenvalue weighted by molar-refractivity contribution is 5.74. The Morgan fingerprint density at radius 1 is 1.04 bits per heavy atom. The average Bonchev–Trinajstić information content (AvgIpc) is 2.73. The zero-order chi connectivity index (χ0) is 19.1. The Balaban J connectivity index is 1.99. The van der Waals surface area contributed by atoms with E-state index in [9.17, 15) is 4.79 Å². The minimum absolute atomic E-state index is 0.391. The lowest BCUT2D eigenvalue weighted by Gasteiger charge is -2.44. The Hall–Kier alpha value is -2.37. The van der Waals surface area contributed by atoms with E-state index < -0.39 is 11.6 Å². The number of carbonyl (C=O) groups is 1. The summed E-state index contributed by atoms with van der Waals surface area (Å²) in [7, 11) is 0. The summed E-state index contributed by atoms with van der Waals surface area (Å²) in [4.78, 5) is 16.8. The first-order chi connectivity index (χ1) is 13.2. The minimum atomic E-state index is -0.583. The summed E-state index contributed by atoms with van der Waals surface area (Å²) in [5.74, 6) is 0. The number of hydrogen-bond acceptors (Lipinski definition) is 3. The molecule has 0 aromatic heterocycles. The van der Waals surface area contributed by atoms with E-state index >= 15 is 0 Å². The maximum absolute atomic E-state index is 12.6. The SMILES string of the molecule is CCC(c1ccccc1)(c1ccccc1)N(CCN1CCOCC1)C(N)=O. The van der Waals surface area contributed by atoms with Gasteiger partial charge in [-0.25, -0.2) is 4.79 Å². The maximum atomic E-state index is 12.6. The van der Waals surface area contributed by atoms with Crippen LogP contribution < -0.4 is 5.73 Å². The molecule has 0 aliphatic carbocycles. The van der Waals surface area contributed by atoms with Crippen LogP contribution in [0.25, 0.3) is 0 Å². The summed E-state index contributed by atoms with van der Waals surface area (Å²) >= 11 is 0. The second kappa shape index (κ2) is 9.02. The Bertz CT molecular complexity index is 675. The van der Waals surface area contributed by atoms with Gasteiger partial charge in [0.15, 0.2) is 0 Å². The van der Waals surface area contributed by atoms with E-state index in [1.165, 1.54) is 0 Å². The molecule has 1 aliphatic heterocycles. The number of carbonyl (C=O) groups excluding carboxylic acids is 1. The molecule has 0 atom stereocenters. The van der Waals surface area contributed by atoms with E-state index in [2.05, 4.69) is 36.1 Å². The third-order valence-electron chi connectivity index (χ3n) is 5.48. The fourth-order valence-electron chi connectivity index (χ4n) is 4.06. The number of nitrogens with zero attached hydrogens (tertiary/aromatic N) is 2. The van der Waals surface area contributed by atoms with Gasteiger partial charge in [0.1, 0.15) is 0 Å². The summed E-state index contributed by atoms with van der Waals surface area (Å²) in [5.41, 5.74) is 7.52. The van der Waals surface area contributed by atoms with Crippen molar-refractivity contribution in [2.75, 3.05) is 39.4 Å². The van der Waals surface area contributed by atoms with Crippen molar-refractivity contribution >= 4 is 6.03 Å². The molecule has 2 amide bonds. The molecule has 0 unspecified atom stereocenters. The molecule has 0 saturated carbocycles. The summed E-state index contributed by atoms with van der Waals surface area (Å²) in [5, 5.41) is 0. The van der Waals surface area contributed by atoms with Crippen molar-refractivity contribution in [3.63, 3.8) is 0 Å². The predicted molar refractivity (Wildman–Crippen MR) is 108 cm³/mol. The van der Waals surface area contributed by atoms with E-state index in [-0.39, 0.29) is 0 Å². The lowest BCUT2D eigenvalue weighted by Crippen LogP contribution is -2.55. The van der Waals surface area contributed by atoms with Gasteiger partial charge in [0, 0.05) is 26.2 Å². The molecule has 1 fully saturated rings. The van der Waals surface area contributed by atoms with Crippen molar-refractivity contribution in [3.8, 4) is 0 Å². The topological polar surface area (TPSA) is 58.8 Å². The Labute approximate surface area is 161 Å². The molecule has 2 aromatic rings. The summed E-state index contributed by atoms with van der Waals surface area (Å²) in [6.07, 6.45) is 0.743. The van der Waals surface area contributed by atoms with E-state index in [0.29, 0.717) is 6.54 Å². The molecule has 27 heavy (non-hydrogen) atoms. The number of benzene rings is 2. The molecule has 144 valence electrons. The normalized spacial score (nSPS) is 15.4. The van der Waals surface area contributed by atoms with Crippen LogP contribution in [0.5, 0.6) is 0 Å². The number of nitrogens with two attached hydrogens (primary N) is 1. The molecule has 0 radical (unpaired) electrons. The molecule has 2 N–H and O–H groups in total. The number of ether oxygens (including phenoxy) is 1. The van der Waals surface area contributed by atoms with Crippen molar-refractivity contribution in [2.24, 2.45) is 5.73 Å². The van der Waals surface area contributed by atoms with Crippen LogP contribution in [-0.2, 0) is 10.3 Å². The van der Waals surface area contributed by atoms with Crippen molar-refractivity contribution < 1.29 is 9.53 Å². The van der Waals surface area contributed by atoms with Crippen LogP contribution in [0.4, 0.5) is 4.79 Å². The van der Waals surface area contributed by atoms with Crippen LogP contribution in [0.2, 0.25) is 0 Å². The van der Waals surface area contributed by atoms with Crippen LogP contribution in [0.15, 0.2) is 60.7 Å². The van der Waals surface area contributed by atoms with Crippen molar-refractivity contribution in [2.45, 2.75) is 18.9 Å². The first-order valence-electron chi connectivity index (χ1n) is 9.66. The second-order valence-corrected chi connectivity index (χ2v) is 6.89. The van der Waals surface area contributed by atoms with Gasteiger partial charge in [-0.05, 0) is 17.5 Å². The number of amides is 2. The predicted octanol–water partition coefficient (Wildman–Crippen LogP) is 3.05. The third kappa shape index (κ3) is 4.15. The Kier molecular flexibility index (Phi) is 6.48. The second-order valence-electron chi connectivity index (χ2n) is 6.89. The van der Waals surface area contributed by atoms with Crippen LogP contribution in [0, 0.1) is 0 Å². The highest BCUT2D eigenvalue weighted by atomic mass is 16.5. The van der Waals surface area contributed by atoms with E-state index in [4.69, 9.17) is 10.5 Å². The molecule has 5 heteroatoms. The number of morpholine rings is 1. The van der Waals surface area contributed by atoms with Crippen LogP contribution in [0.1, 0.15) is 24.5 Å². The minimum Gasteiger partial charge on any atom is -0.379 e. The van der Waals surface area contributed by atoms with Gasteiger partial charge in [0.05, 0.1) is 18.8 Å². The summed E-state index contributed by atoms with van der Waals surface area (Å²) < 4.78 is 5.43. The average molecular weight is 367 g/mol. The highest BCUT2D eigenvalue weighted by Gasteiger charge is 2.40. The molecule has 2 aromatic carbocycles. The standard InChI is InChI=1S/C22H29N3O2/c1-2-22(19-9-5-3-6-10-19,20-11-7-4-8-12-20)25(21(23)26)14-13-24-15-17-27-18-16-24/h3-12H,2,13-18H2,1H3,(H2,23,26). The van der Waals surface area contributed by atoms with Crippen LogP contribution >= 0.6 is 0 Å². The molecule has 3 rings (SSSR count). The van der Waals surface area contributed by atoms with E-state index in [1.807, 2.05) is 41.3 Å². The van der Waals surface area contributed by atoms with Gasteiger partial charge >= 0.3 is 6.03 Å². The quantitative estimate of drug-likeness (QED) is 0.818. The number of hydrogen-bond donors (Lipinski definition) is 1. The smallest absolute Gasteiger partial charge is 0.315 e. The molecule has 0 bridgehead atoms. The van der Waals surface area contributed by atoms with Crippen LogP contribution in [0.3, 0.4) is 0 Å². The van der Waals surface area contributed by atoms with Gasteiger partial charge in [0.25, 0.3) is 0 Å². The Morgan fingerprint density at radius 2 is 1.56 bits per heavy atom. The highest BCUT2D eigenvalue weighted by Crippen LogP contribution is 2.39. The zero-order valence-corrected chi connectivity index (χ0v) is 16.0. The number of rotatable bonds is 7. The molecule has 1 saturated heterocycles. The zero-order valence-electron chi connectivity index (χ0n) is 16.0. The van der Waals surface area contributed by atoms with Gasteiger partial charge in [-0.15, -0.1) is 0 Å². The van der Waals surface area contributed by atoms with Gasteiger partial charge < -0.3 is 15.4 Å². The van der Waals surface area contributed by atoms with Crippen molar-refractivity contribution in [1.82, 2.24) is 9.80 Å². The molecule has 5 nitrogen and oxygen atoms in total. The molecular weight excluding hydrogens is 338 g/mol. The van der Waals surface area contributed by atoms with Crippen LogP contribution in [-0.4, -0.2) is 55.2 Å². The Morgan fingerprint density at radius 3 is 2.00 bits per heavy atom. The molecule has 0 spiro atoms. The number of urea groups is 1. The lowest BCUT2D eigenvalue weighted by atomic mass is 9.79. The van der Waals surface area contributed by atoms with Gasteiger partial charge in [-0.1, -0.05) is 67.6 Å². The first kappa shape index (κ1) is 19.4. The molecule has 1 heterocycles. The van der Waals surface area contributed by atoms with E-state index in [1.54, 1.807) is 0 Å². The first-order valence-corrected chi connectivity index (χ1v) is 9.66. The molecule has 1 aliphatic rings. The van der Waals surface area contributed by atoms with Gasteiger partial charge in [0.2, 0.25) is 0 Å². The largest absolute Gasteiger partial charge is 0.379 e. The number of primary amides is 1. The molecular formula is C22H29N3O2. The van der Waals surface area contributed by atoms with Gasteiger partial charge in [-0.3, -0.25) is 4.90 Å². The summed E-state index contributed by atoms with van der Waals surface area (Å²) in [6.45, 7) is 6.75. The monoisotopic (exact) mass is 367 g/mol. The third-order valence-corrected chi connectivity index (χ3v) is 5.48. The summed E-state index contributed by atoms with van der Waals surface area (Å²) in [6, 6.07) is 20.0. The van der Waals surface area contributed by atoms with Crippen molar-refractivity contribution in [3.05, 3.63) is 71.8 Å². The fraction of sp³-hybridized carbons (Fsp3) is 0.409. The lowest BCUT2D eigenvalue weighted by molar-refractivity contribution is 0.0303. The van der Waals surface area contributed by atoms with E-state index in [0.717, 1.165) is 50.4 Å². The fourth-order valence-corrected chi connectivity index (χ4v) is 4.06.